The molecule has 0 unspecified atom stereocenters. The number of rotatable bonds is 5. The number of aryl methyl sites for hydroxylation is 1. The number of β-amino-alcohol motifs (C(OH)–C–C–N with tert-alkyl or cyclic N) is 1. The Kier molecular flexibility index (Phi) is 5.72. The zero-order chi connectivity index (χ0) is 21.1. The van der Waals surface area contributed by atoms with Gasteiger partial charge in [0.25, 0.3) is 11.5 Å². The molecule has 1 amide bonds. The van der Waals surface area contributed by atoms with Gasteiger partial charge >= 0.3 is 0 Å². The number of likely N-dealkylation sites (tertiary alicyclic amines) is 1. The Labute approximate surface area is 174 Å². The first-order valence-corrected chi connectivity index (χ1v) is 9.99. The van der Waals surface area contributed by atoms with E-state index in [9.17, 15) is 14.7 Å². The molecule has 30 heavy (non-hydrogen) atoms. The summed E-state index contributed by atoms with van der Waals surface area (Å²) in [6, 6.07) is 11.1. The molecule has 1 fully saturated rings. The van der Waals surface area contributed by atoms with Crippen LogP contribution >= 0.6 is 0 Å². The predicted molar refractivity (Wildman–Crippen MR) is 112 cm³/mol. The van der Waals surface area contributed by atoms with Crippen molar-refractivity contribution < 1.29 is 9.90 Å². The van der Waals surface area contributed by atoms with Gasteiger partial charge in [-0.25, -0.2) is 0 Å². The number of hydrogen-bond donors (Lipinski definition) is 1. The van der Waals surface area contributed by atoms with Crippen molar-refractivity contribution in [3.05, 3.63) is 93.9 Å². The van der Waals surface area contributed by atoms with Crippen LogP contribution in [0.3, 0.4) is 0 Å². The van der Waals surface area contributed by atoms with Gasteiger partial charge in [0.15, 0.2) is 0 Å². The Bertz CT molecular complexity index is 1080. The number of hydrogen-bond acceptors (Lipinski definition) is 5. The van der Waals surface area contributed by atoms with E-state index in [4.69, 9.17) is 0 Å². The summed E-state index contributed by atoms with van der Waals surface area (Å²) in [5.41, 5.74) is 2.23. The van der Waals surface area contributed by atoms with E-state index in [2.05, 4.69) is 9.97 Å². The summed E-state index contributed by atoms with van der Waals surface area (Å²) < 4.78 is 1.52. The topological polar surface area (TPSA) is 88.3 Å². The molecule has 1 N–H and O–H groups in total. The highest BCUT2D eigenvalue weighted by atomic mass is 16.3. The molecule has 7 nitrogen and oxygen atoms in total. The van der Waals surface area contributed by atoms with E-state index in [-0.39, 0.29) is 29.5 Å². The molecule has 3 aromatic heterocycles. The van der Waals surface area contributed by atoms with Gasteiger partial charge < -0.3 is 14.6 Å². The maximum Gasteiger partial charge on any atom is 0.263 e. The van der Waals surface area contributed by atoms with Gasteiger partial charge in [0.2, 0.25) is 0 Å². The lowest BCUT2D eigenvalue weighted by molar-refractivity contribution is 0.0761. The van der Waals surface area contributed by atoms with E-state index in [0.717, 1.165) is 11.3 Å². The van der Waals surface area contributed by atoms with Crippen LogP contribution in [0.2, 0.25) is 0 Å². The summed E-state index contributed by atoms with van der Waals surface area (Å²) in [4.78, 5) is 36.2. The van der Waals surface area contributed by atoms with Crippen molar-refractivity contribution in [1.82, 2.24) is 19.4 Å². The molecule has 3 aromatic rings. The molecular weight excluding hydrogens is 380 g/mol. The lowest BCUT2D eigenvalue weighted by Crippen LogP contribution is -2.37. The number of aliphatic hydroxyl groups excluding tert-OH is 1. The van der Waals surface area contributed by atoms with Crippen LogP contribution in [-0.2, 0) is 13.0 Å². The van der Waals surface area contributed by atoms with Crippen LogP contribution in [0, 0.1) is 12.8 Å². The van der Waals surface area contributed by atoms with Gasteiger partial charge in [-0.15, -0.1) is 0 Å². The molecule has 0 saturated carbocycles. The normalized spacial score (nSPS) is 18.5. The smallest absolute Gasteiger partial charge is 0.263 e. The molecule has 4 heterocycles. The zero-order valence-electron chi connectivity index (χ0n) is 16.8. The van der Waals surface area contributed by atoms with Crippen LogP contribution in [0.25, 0.3) is 0 Å². The Morgan fingerprint density at radius 1 is 1.17 bits per heavy atom. The maximum absolute atomic E-state index is 13.2. The first kappa shape index (κ1) is 20.0. The number of amides is 1. The van der Waals surface area contributed by atoms with Gasteiger partial charge in [-0.3, -0.25) is 19.6 Å². The zero-order valence-corrected chi connectivity index (χ0v) is 16.8. The minimum Gasteiger partial charge on any atom is -0.391 e. The summed E-state index contributed by atoms with van der Waals surface area (Å²) >= 11 is 0. The summed E-state index contributed by atoms with van der Waals surface area (Å²) in [5, 5.41) is 10.5. The lowest BCUT2D eigenvalue weighted by atomic mass is 10.00. The molecule has 0 bridgehead atoms. The number of carbonyl (C=O) groups excluding carboxylic acids is 1. The second-order valence-corrected chi connectivity index (χ2v) is 7.73. The molecule has 7 heteroatoms. The third-order valence-corrected chi connectivity index (χ3v) is 5.55. The van der Waals surface area contributed by atoms with Crippen molar-refractivity contribution >= 4 is 5.91 Å². The van der Waals surface area contributed by atoms with Crippen molar-refractivity contribution in [2.45, 2.75) is 26.0 Å². The van der Waals surface area contributed by atoms with Crippen LogP contribution < -0.4 is 5.56 Å². The molecule has 1 saturated heterocycles. The molecule has 1 aliphatic rings. The molecule has 2 atom stereocenters. The fourth-order valence-electron chi connectivity index (χ4n) is 3.90. The van der Waals surface area contributed by atoms with Crippen LogP contribution in [0.1, 0.15) is 27.2 Å². The minimum absolute atomic E-state index is 0.106. The van der Waals surface area contributed by atoms with E-state index >= 15 is 0 Å². The van der Waals surface area contributed by atoms with Gasteiger partial charge in [-0.05, 0) is 48.7 Å². The number of carbonyl (C=O) groups is 1. The van der Waals surface area contributed by atoms with E-state index in [1.165, 1.54) is 4.57 Å². The first-order valence-electron chi connectivity index (χ1n) is 9.99. The van der Waals surface area contributed by atoms with Crippen molar-refractivity contribution in [2.24, 2.45) is 5.92 Å². The molecule has 154 valence electrons. The lowest BCUT2D eigenvalue weighted by Gasteiger charge is -2.18. The van der Waals surface area contributed by atoms with Crippen molar-refractivity contribution in [2.75, 3.05) is 13.1 Å². The molecule has 4 rings (SSSR count). The fourth-order valence-corrected chi connectivity index (χ4v) is 3.90. The summed E-state index contributed by atoms with van der Waals surface area (Å²) in [7, 11) is 0. The van der Waals surface area contributed by atoms with E-state index in [0.29, 0.717) is 25.1 Å². The van der Waals surface area contributed by atoms with Crippen molar-refractivity contribution in [1.29, 1.82) is 0 Å². The summed E-state index contributed by atoms with van der Waals surface area (Å²) in [6.45, 7) is 2.72. The average molecular weight is 404 g/mol. The number of nitrogens with zero attached hydrogens (tertiary/aromatic N) is 4. The van der Waals surface area contributed by atoms with E-state index in [1.54, 1.807) is 42.7 Å². The molecule has 0 aromatic carbocycles. The third kappa shape index (κ3) is 4.16. The molecule has 0 radical (unpaired) electrons. The monoisotopic (exact) mass is 404 g/mol. The largest absolute Gasteiger partial charge is 0.391 e. The molecular formula is C23H24N4O3. The van der Waals surface area contributed by atoms with Crippen LogP contribution in [0.5, 0.6) is 0 Å². The molecule has 0 spiro atoms. The molecule has 1 aliphatic heterocycles. The average Bonchev–Trinajstić information content (AvgIpc) is 3.12. The Morgan fingerprint density at radius 3 is 2.77 bits per heavy atom. The van der Waals surface area contributed by atoms with Gasteiger partial charge in [-0.1, -0.05) is 12.1 Å². The minimum atomic E-state index is -0.641. The summed E-state index contributed by atoms with van der Waals surface area (Å²) in [6.07, 6.45) is 6.74. The predicted octanol–water partition coefficient (Wildman–Crippen LogP) is 1.67. The Morgan fingerprint density at radius 2 is 2.03 bits per heavy atom. The van der Waals surface area contributed by atoms with Crippen molar-refractivity contribution in [3.63, 3.8) is 0 Å². The van der Waals surface area contributed by atoms with E-state index in [1.807, 2.05) is 30.3 Å². The van der Waals surface area contributed by atoms with Crippen LogP contribution in [0.4, 0.5) is 0 Å². The third-order valence-electron chi connectivity index (χ3n) is 5.55. The highest BCUT2D eigenvalue weighted by Crippen LogP contribution is 2.22. The van der Waals surface area contributed by atoms with Gasteiger partial charge in [0, 0.05) is 49.5 Å². The highest BCUT2D eigenvalue weighted by Gasteiger charge is 2.36. The number of aliphatic hydroxyl groups is 1. The number of pyridine rings is 3. The van der Waals surface area contributed by atoms with Crippen molar-refractivity contribution in [3.8, 4) is 0 Å². The number of aromatic nitrogens is 3. The van der Waals surface area contributed by atoms with Crippen LogP contribution in [-0.4, -0.2) is 49.6 Å². The fraction of sp³-hybridized carbons (Fsp3) is 0.304. The second kappa shape index (κ2) is 8.59. The SMILES string of the molecule is Cc1ccn(Cc2cccnc2)c(=O)c1C(=O)N1C[C@@H](Cc2ccccn2)[C@H](O)C1. The van der Waals surface area contributed by atoms with E-state index < -0.39 is 6.10 Å². The standard InChI is InChI=1S/C23H24N4O3/c1-16-7-10-26(13-17-5-4-8-24-12-17)22(29)21(16)23(30)27-14-18(20(28)15-27)11-19-6-2-3-9-25-19/h2-10,12,18,20,28H,11,13-15H2,1H3/t18-,20-/m1/s1. The molecule has 0 aliphatic carbocycles. The maximum atomic E-state index is 13.2. The van der Waals surface area contributed by atoms with Gasteiger partial charge in [0.1, 0.15) is 5.56 Å². The highest BCUT2D eigenvalue weighted by molar-refractivity contribution is 5.95. The van der Waals surface area contributed by atoms with Gasteiger partial charge in [0.05, 0.1) is 12.6 Å². The quantitative estimate of drug-likeness (QED) is 0.699. The summed E-state index contributed by atoms with van der Waals surface area (Å²) in [5.74, 6) is -0.439. The van der Waals surface area contributed by atoms with Crippen LogP contribution in [0.15, 0.2) is 66.0 Å². The Hall–Kier alpha value is -3.32. The second-order valence-electron chi connectivity index (χ2n) is 7.73. The van der Waals surface area contributed by atoms with Gasteiger partial charge in [-0.2, -0.15) is 0 Å². The Balaban J connectivity index is 1.54. The first-order chi connectivity index (χ1) is 14.5.